The molecule has 1 atom stereocenters. The van der Waals surface area contributed by atoms with Gasteiger partial charge < -0.3 is 14.9 Å². The quantitative estimate of drug-likeness (QED) is 0.556. The Morgan fingerprint density at radius 2 is 1.77 bits per heavy atom. The van der Waals surface area contributed by atoms with E-state index in [-0.39, 0.29) is 48.4 Å². The molecule has 0 bridgehead atoms. The Morgan fingerprint density at radius 3 is 2.34 bits per heavy atom. The molecule has 3 aliphatic rings. The first kappa shape index (κ1) is 26.0. The van der Waals surface area contributed by atoms with Crippen molar-refractivity contribution < 1.29 is 47.6 Å². The van der Waals surface area contributed by atoms with E-state index < -0.39 is 22.3 Å². The van der Waals surface area contributed by atoms with Gasteiger partial charge in [0.1, 0.15) is 0 Å². The molecule has 1 N–H and O–H groups in total. The summed E-state index contributed by atoms with van der Waals surface area (Å²) in [7, 11) is -1.07. The van der Waals surface area contributed by atoms with Crippen LogP contribution in [0.5, 0.6) is 0 Å². The molecule has 12 heteroatoms. The van der Waals surface area contributed by atoms with E-state index in [1.54, 1.807) is 20.3 Å². The van der Waals surface area contributed by atoms with Gasteiger partial charge in [0, 0.05) is 33.3 Å². The van der Waals surface area contributed by atoms with Gasteiger partial charge in [-0.1, -0.05) is 6.07 Å². The summed E-state index contributed by atoms with van der Waals surface area (Å²) in [5.74, 6) is -0.0405. The zero-order valence-corrected chi connectivity index (χ0v) is 23.3. The normalized spacial score (nSPS) is 19.1. The molecule has 1 aliphatic heterocycles. The summed E-state index contributed by atoms with van der Waals surface area (Å²) >= 11 is 0. The Kier molecular flexibility index (Phi) is 7.51. The number of rotatable bonds is 5. The van der Waals surface area contributed by atoms with Crippen LogP contribution in [0, 0.1) is 0 Å². The maximum atomic E-state index is 13.5. The van der Waals surface area contributed by atoms with Crippen molar-refractivity contribution in [3.05, 3.63) is 45.4 Å². The van der Waals surface area contributed by atoms with E-state index in [9.17, 15) is 18.0 Å². The summed E-state index contributed by atoms with van der Waals surface area (Å²) in [6.07, 6.45) is 9.31. The molecule has 10 nitrogen and oxygen atoms in total. The van der Waals surface area contributed by atoms with Gasteiger partial charge >= 0.3 is 29.6 Å². The summed E-state index contributed by atoms with van der Waals surface area (Å²) in [5.41, 5.74) is 5.77. The van der Waals surface area contributed by atoms with Gasteiger partial charge in [0.05, 0.1) is 17.9 Å². The van der Waals surface area contributed by atoms with Gasteiger partial charge in [-0.05, 0) is 72.9 Å². The summed E-state index contributed by atoms with van der Waals surface area (Å²) in [5, 5.41) is 6.93. The number of fused-ring (bicyclic) bond motifs is 2. The fourth-order valence-electron chi connectivity index (χ4n) is 5.48. The Labute approximate surface area is 227 Å². The third-order valence-corrected chi connectivity index (χ3v) is 8.43. The number of carbonyl (C=O) groups excluding carboxylic acids is 2. The average molecular weight is 509 g/mol. The maximum Gasteiger partial charge on any atom is 1.00 e. The van der Waals surface area contributed by atoms with Gasteiger partial charge in [0.25, 0.3) is 10.2 Å². The van der Waals surface area contributed by atoms with Gasteiger partial charge in [-0.3, -0.25) is 18.6 Å². The zero-order chi connectivity index (χ0) is 24.0. The van der Waals surface area contributed by atoms with Gasteiger partial charge in [-0.25, -0.2) is 8.42 Å². The molecule has 35 heavy (non-hydrogen) atoms. The van der Waals surface area contributed by atoms with Gasteiger partial charge in [0.15, 0.2) is 6.03 Å². The molecule has 1 saturated heterocycles. The van der Waals surface area contributed by atoms with Gasteiger partial charge in [-0.2, -0.15) is 5.10 Å². The van der Waals surface area contributed by atoms with Gasteiger partial charge in [-0.15, -0.1) is 0 Å². The molecule has 3 amide bonds. The summed E-state index contributed by atoms with van der Waals surface area (Å²) in [6, 6.07) is 0.807. The molecular formula is C23H29N6NaO4S. The third kappa shape index (κ3) is 5.09. The molecule has 182 valence electrons. The van der Waals surface area contributed by atoms with Crippen molar-refractivity contribution in [2.24, 2.45) is 7.05 Å². The molecule has 0 saturated carbocycles. The first-order valence-corrected chi connectivity index (χ1v) is 13.1. The number of urea groups is 1. The van der Waals surface area contributed by atoms with Gasteiger partial charge in [0.2, 0.25) is 5.91 Å². The molecular weight excluding hydrogens is 479 g/mol. The van der Waals surface area contributed by atoms with Crippen molar-refractivity contribution in [2.45, 2.75) is 57.4 Å². The Balaban J connectivity index is 0.00000289. The number of anilines is 2. The van der Waals surface area contributed by atoms with Crippen LogP contribution >= 0.6 is 0 Å². The van der Waals surface area contributed by atoms with E-state index in [2.05, 4.69) is 21.2 Å². The van der Waals surface area contributed by atoms with E-state index in [0.717, 1.165) is 59.6 Å². The zero-order valence-electron chi connectivity index (χ0n) is 20.5. The smallest absolute Gasteiger partial charge is 0.423 e. The molecule has 1 fully saturated rings. The number of benzene rings is 1. The monoisotopic (exact) mass is 508 g/mol. The minimum atomic E-state index is -4.40. The van der Waals surface area contributed by atoms with E-state index in [0.29, 0.717) is 12.1 Å². The van der Waals surface area contributed by atoms with E-state index in [1.165, 1.54) is 26.9 Å². The van der Waals surface area contributed by atoms with E-state index >= 15 is 0 Å². The number of nitrogens with zero attached hydrogens (tertiary/aromatic N) is 5. The molecule has 0 radical (unpaired) electrons. The molecule has 0 spiro atoms. The van der Waals surface area contributed by atoms with Crippen molar-refractivity contribution in [3.63, 3.8) is 0 Å². The van der Waals surface area contributed by atoms with Crippen LogP contribution < -0.4 is 39.2 Å². The molecule has 1 aromatic heterocycles. The van der Waals surface area contributed by atoms with Crippen LogP contribution in [0.3, 0.4) is 0 Å². The largest absolute Gasteiger partial charge is 1.00 e. The second-order valence-electron chi connectivity index (χ2n) is 9.37. The Hall–Kier alpha value is -2.08. The number of aryl methyl sites for hydroxylation is 3. The molecule has 1 aromatic carbocycles. The SMILES string of the molecule is CN1CC(N(c2cnn(C)c2)S(=O)(=O)[N-]C(=O)Nc2c3c(cc4c2CCC4)CCC3)CCC1=O.[Na+]. The second kappa shape index (κ2) is 10.1. The molecule has 1 unspecified atom stereocenters. The number of nitrogens with one attached hydrogen (secondary N) is 1. The van der Waals surface area contributed by atoms with Crippen molar-refractivity contribution in [2.75, 3.05) is 23.2 Å². The number of hydrogen-bond acceptors (Lipinski definition) is 5. The van der Waals surface area contributed by atoms with Crippen molar-refractivity contribution in [3.8, 4) is 0 Å². The van der Waals surface area contributed by atoms with Crippen molar-refractivity contribution in [1.82, 2.24) is 14.7 Å². The van der Waals surface area contributed by atoms with Crippen LogP contribution in [-0.2, 0) is 47.7 Å². The summed E-state index contributed by atoms with van der Waals surface area (Å²) < 4.78 is 33.2. The average Bonchev–Trinajstić information content (AvgIpc) is 3.51. The predicted molar refractivity (Wildman–Crippen MR) is 128 cm³/mol. The fourth-order valence-corrected chi connectivity index (χ4v) is 6.73. The van der Waals surface area contributed by atoms with Crippen LogP contribution in [0.2, 0.25) is 0 Å². The second-order valence-corrected chi connectivity index (χ2v) is 10.8. The standard InChI is InChI=1S/C23H30N6O4S.Na/c1-27-13-17(9-10-21(27)30)29(18-12-24-28(2)14-18)34(32,33)26-23(31)25-22-19-7-3-5-15(19)11-16-6-4-8-20(16)22;/h11-12,14,17H,3-10,13H2,1-2H3,(H2,25,26,31);/q;+1/p-1. The Bertz CT molecular complexity index is 1230. The van der Waals surface area contributed by atoms with Crippen molar-refractivity contribution in [1.29, 1.82) is 0 Å². The Morgan fingerprint density at radius 1 is 1.11 bits per heavy atom. The minimum absolute atomic E-state index is 0. The summed E-state index contributed by atoms with van der Waals surface area (Å²) in [6.45, 7) is 0.212. The van der Waals surface area contributed by atoms with Crippen LogP contribution in [0.1, 0.15) is 47.9 Å². The maximum absolute atomic E-state index is 13.5. The van der Waals surface area contributed by atoms with E-state index in [1.807, 2.05) is 0 Å². The van der Waals surface area contributed by atoms with Crippen molar-refractivity contribution >= 4 is 33.5 Å². The summed E-state index contributed by atoms with van der Waals surface area (Å²) in [4.78, 5) is 26.5. The molecule has 2 heterocycles. The molecule has 5 rings (SSSR count). The number of amides is 3. The minimum Gasteiger partial charge on any atom is -0.423 e. The van der Waals surface area contributed by atoms with E-state index in [4.69, 9.17) is 0 Å². The number of piperidine rings is 1. The fraction of sp³-hybridized carbons (Fsp3) is 0.522. The number of carbonyl (C=O) groups is 2. The number of aromatic nitrogens is 2. The molecule has 2 aliphatic carbocycles. The molecule has 2 aromatic rings. The topological polar surface area (TPSA) is 119 Å². The number of hydrogen-bond donors (Lipinski definition) is 1. The van der Waals surface area contributed by atoms with Crippen LogP contribution in [-0.4, -0.2) is 54.7 Å². The number of likely N-dealkylation sites (N-methyl/N-ethyl adjacent to an activating group) is 1. The number of likely N-dealkylation sites (tertiary alicyclic amines) is 1. The first-order valence-electron chi connectivity index (χ1n) is 11.7. The third-order valence-electron chi connectivity index (χ3n) is 7.03. The van der Waals surface area contributed by atoms with Crippen LogP contribution in [0.4, 0.5) is 16.2 Å². The van der Waals surface area contributed by atoms with Crippen LogP contribution in [0.25, 0.3) is 4.72 Å². The predicted octanol–water partition coefficient (Wildman–Crippen LogP) is -0.321. The first-order chi connectivity index (χ1) is 16.2. The van der Waals surface area contributed by atoms with Crippen LogP contribution in [0.15, 0.2) is 18.5 Å².